The summed E-state index contributed by atoms with van der Waals surface area (Å²) in [4.78, 5) is 19.6. The molecule has 142 valence electrons. The van der Waals surface area contributed by atoms with Crippen molar-refractivity contribution in [3.8, 4) is 0 Å². The smallest absolute Gasteiger partial charge is 0.317 e. The van der Waals surface area contributed by atoms with E-state index in [1.807, 2.05) is 0 Å². The summed E-state index contributed by atoms with van der Waals surface area (Å²) in [7, 11) is 1.59. The molecule has 0 spiro atoms. The Morgan fingerprint density at radius 1 is 0.840 bits per heavy atom. The zero-order valence-corrected chi connectivity index (χ0v) is 15.8. The molecule has 0 aliphatic carbocycles. The SMILES string of the molecule is CC/C=C\C/C=C\C/C=C\C/C=C\CCCCC=O.CNCC(=O)O. The van der Waals surface area contributed by atoms with Gasteiger partial charge in [-0.3, -0.25) is 4.79 Å². The third kappa shape index (κ3) is 30.5. The quantitative estimate of drug-likeness (QED) is 0.267. The number of carbonyl (C=O) groups is 2. The Balaban J connectivity index is 0. The van der Waals surface area contributed by atoms with E-state index in [2.05, 4.69) is 60.8 Å². The van der Waals surface area contributed by atoms with Gasteiger partial charge >= 0.3 is 5.97 Å². The normalized spacial score (nSPS) is 11.4. The Labute approximate surface area is 153 Å². The molecule has 0 aliphatic heterocycles. The summed E-state index contributed by atoms with van der Waals surface area (Å²) in [5.74, 6) is -0.822. The van der Waals surface area contributed by atoms with Crippen molar-refractivity contribution in [2.45, 2.75) is 58.3 Å². The summed E-state index contributed by atoms with van der Waals surface area (Å²) < 4.78 is 0. The number of carboxylic acid groups (broad SMARTS) is 1. The molecule has 0 aromatic heterocycles. The van der Waals surface area contributed by atoms with Crippen molar-refractivity contribution in [1.82, 2.24) is 5.32 Å². The minimum absolute atomic E-state index is 0.0417. The molecule has 4 heteroatoms. The molecule has 0 fully saturated rings. The van der Waals surface area contributed by atoms with E-state index in [-0.39, 0.29) is 6.54 Å². The van der Waals surface area contributed by atoms with E-state index in [1.54, 1.807) is 7.05 Å². The molecular formula is C21H35NO3. The van der Waals surface area contributed by atoms with Gasteiger partial charge in [-0.15, -0.1) is 0 Å². The van der Waals surface area contributed by atoms with Crippen LogP contribution in [0.15, 0.2) is 48.6 Å². The molecule has 0 atom stereocenters. The van der Waals surface area contributed by atoms with Crippen LogP contribution >= 0.6 is 0 Å². The Morgan fingerprint density at radius 3 is 1.72 bits per heavy atom. The van der Waals surface area contributed by atoms with Crippen molar-refractivity contribution in [1.29, 1.82) is 0 Å². The number of hydrogen-bond donors (Lipinski definition) is 2. The lowest BCUT2D eigenvalue weighted by molar-refractivity contribution is -0.135. The summed E-state index contributed by atoms with van der Waals surface area (Å²) in [6.45, 7) is 2.19. The number of aldehydes is 1. The van der Waals surface area contributed by atoms with Crippen LogP contribution in [0.1, 0.15) is 58.3 Å². The molecule has 0 aromatic carbocycles. The maximum atomic E-state index is 10.1. The highest BCUT2D eigenvalue weighted by Gasteiger charge is 1.86. The molecule has 0 amide bonds. The van der Waals surface area contributed by atoms with Gasteiger partial charge in [0.05, 0.1) is 6.54 Å². The van der Waals surface area contributed by atoms with E-state index in [1.165, 1.54) is 0 Å². The number of nitrogens with one attached hydrogen (secondary N) is 1. The van der Waals surface area contributed by atoms with Crippen LogP contribution in [-0.2, 0) is 9.59 Å². The second-order valence-corrected chi connectivity index (χ2v) is 5.38. The van der Waals surface area contributed by atoms with Gasteiger partial charge in [-0.1, -0.05) is 55.5 Å². The molecular weight excluding hydrogens is 314 g/mol. The lowest BCUT2D eigenvalue weighted by atomic mass is 10.2. The molecule has 0 bridgehead atoms. The molecule has 0 rings (SSSR count). The number of likely N-dealkylation sites (N-methyl/N-ethyl adjacent to an activating group) is 1. The van der Waals surface area contributed by atoms with Gasteiger partial charge in [0, 0.05) is 6.42 Å². The molecule has 25 heavy (non-hydrogen) atoms. The number of aliphatic carboxylic acids is 1. The second kappa shape index (κ2) is 24.3. The largest absolute Gasteiger partial charge is 0.480 e. The fraction of sp³-hybridized carbons (Fsp3) is 0.524. The van der Waals surface area contributed by atoms with Crippen LogP contribution in [0.4, 0.5) is 0 Å². The van der Waals surface area contributed by atoms with Crippen LogP contribution < -0.4 is 5.32 Å². The summed E-state index contributed by atoms with van der Waals surface area (Å²) in [6, 6.07) is 0. The van der Waals surface area contributed by atoms with E-state index in [4.69, 9.17) is 5.11 Å². The molecule has 0 heterocycles. The van der Waals surface area contributed by atoms with Crippen molar-refractivity contribution < 1.29 is 14.7 Å². The fourth-order valence-corrected chi connectivity index (χ4v) is 1.74. The van der Waals surface area contributed by atoms with E-state index in [0.29, 0.717) is 6.42 Å². The van der Waals surface area contributed by atoms with Crippen LogP contribution in [0, 0.1) is 0 Å². The molecule has 0 saturated carbocycles. The van der Waals surface area contributed by atoms with Gasteiger partial charge in [0.2, 0.25) is 0 Å². The molecule has 0 saturated heterocycles. The van der Waals surface area contributed by atoms with Gasteiger partial charge in [-0.05, 0) is 52.0 Å². The van der Waals surface area contributed by atoms with Crippen molar-refractivity contribution >= 4 is 12.3 Å². The molecule has 2 N–H and O–H groups in total. The Kier molecular flexibility index (Phi) is 24.6. The first-order chi connectivity index (χ1) is 12.2. The van der Waals surface area contributed by atoms with Crippen LogP contribution in [-0.4, -0.2) is 31.0 Å². The number of allylic oxidation sites excluding steroid dienone is 8. The monoisotopic (exact) mass is 349 g/mol. The van der Waals surface area contributed by atoms with E-state index in [9.17, 15) is 9.59 Å². The zero-order valence-electron chi connectivity index (χ0n) is 15.8. The van der Waals surface area contributed by atoms with Crippen LogP contribution in [0.3, 0.4) is 0 Å². The number of rotatable bonds is 14. The minimum Gasteiger partial charge on any atom is -0.480 e. The maximum absolute atomic E-state index is 10.1. The van der Waals surface area contributed by atoms with Crippen molar-refractivity contribution in [3.63, 3.8) is 0 Å². The van der Waals surface area contributed by atoms with E-state index < -0.39 is 5.97 Å². The second-order valence-electron chi connectivity index (χ2n) is 5.38. The molecule has 0 aliphatic rings. The van der Waals surface area contributed by atoms with E-state index >= 15 is 0 Å². The summed E-state index contributed by atoms with van der Waals surface area (Å²) in [5, 5.41) is 10.3. The number of hydrogen-bond acceptors (Lipinski definition) is 3. The van der Waals surface area contributed by atoms with Crippen molar-refractivity contribution in [3.05, 3.63) is 48.6 Å². The van der Waals surface area contributed by atoms with Gasteiger partial charge in [0.1, 0.15) is 6.29 Å². The van der Waals surface area contributed by atoms with Gasteiger partial charge in [-0.2, -0.15) is 0 Å². The van der Waals surface area contributed by atoms with Crippen LogP contribution in [0.2, 0.25) is 0 Å². The summed E-state index contributed by atoms with van der Waals surface area (Å²) in [5.41, 5.74) is 0. The first-order valence-electron chi connectivity index (χ1n) is 9.09. The van der Waals surface area contributed by atoms with Gasteiger partial charge in [0.25, 0.3) is 0 Å². The number of unbranched alkanes of at least 4 members (excludes halogenated alkanes) is 3. The Hall–Kier alpha value is -1.94. The summed E-state index contributed by atoms with van der Waals surface area (Å²) >= 11 is 0. The highest BCUT2D eigenvalue weighted by molar-refractivity contribution is 5.68. The molecule has 0 radical (unpaired) electrons. The minimum atomic E-state index is -0.822. The highest BCUT2D eigenvalue weighted by Crippen LogP contribution is 2.00. The predicted molar refractivity (Wildman–Crippen MR) is 107 cm³/mol. The van der Waals surface area contributed by atoms with Gasteiger partial charge < -0.3 is 15.2 Å². The molecule has 4 nitrogen and oxygen atoms in total. The molecule has 0 unspecified atom stereocenters. The van der Waals surface area contributed by atoms with Crippen LogP contribution in [0.5, 0.6) is 0 Å². The van der Waals surface area contributed by atoms with Crippen molar-refractivity contribution in [2.75, 3.05) is 13.6 Å². The van der Waals surface area contributed by atoms with Gasteiger partial charge in [0.15, 0.2) is 0 Å². The van der Waals surface area contributed by atoms with Crippen LogP contribution in [0.25, 0.3) is 0 Å². The highest BCUT2D eigenvalue weighted by atomic mass is 16.4. The third-order valence-electron chi connectivity index (χ3n) is 2.99. The first-order valence-corrected chi connectivity index (χ1v) is 9.09. The average Bonchev–Trinajstić information content (AvgIpc) is 2.59. The first kappa shape index (κ1) is 25.3. The zero-order chi connectivity index (χ0) is 19.0. The lowest BCUT2D eigenvalue weighted by Gasteiger charge is -1.90. The average molecular weight is 350 g/mol. The number of carboxylic acids is 1. The Morgan fingerprint density at radius 2 is 1.32 bits per heavy atom. The molecule has 0 aromatic rings. The van der Waals surface area contributed by atoms with Crippen molar-refractivity contribution in [2.24, 2.45) is 0 Å². The standard InChI is InChI=1S/C18H28O.C3H7NO2/c1-2-3-4-5-6-7-8-9-10-11-12-13-14-15-16-17-18-19;1-4-2-3(5)6/h3-4,6-7,9-10,12-13,18H,2,5,8,11,14-17H2,1H3;4H,2H2,1H3,(H,5,6)/b4-3-,7-6-,10-9-,13-12-;. The fourth-order valence-electron chi connectivity index (χ4n) is 1.74. The Bertz CT molecular complexity index is 409. The summed E-state index contributed by atoms with van der Waals surface area (Å²) in [6.07, 6.45) is 26.7. The predicted octanol–water partition coefficient (Wildman–Crippen LogP) is 4.84. The lowest BCUT2D eigenvalue weighted by Crippen LogP contribution is -2.16. The van der Waals surface area contributed by atoms with E-state index in [0.717, 1.165) is 51.2 Å². The number of carbonyl (C=O) groups excluding carboxylic acids is 1. The maximum Gasteiger partial charge on any atom is 0.317 e. The van der Waals surface area contributed by atoms with Gasteiger partial charge in [-0.25, -0.2) is 0 Å². The topological polar surface area (TPSA) is 66.4 Å². The third-order valence-corrected chi connectivity index (χ3v) is 2.99.